The number of rotatable bonds is 9. The fraction of sp³-hybridized carbons (Fsp3) is 0.250. The number of likely N-dealkylation sites (tertiary alicyclic amines) is 1. The largest absolute Gasteiger partial charge is 0.484 e. The number of anilines is 2. The van der Waals surface area contributed by atoms with Crippen LogP contribution < -0.4 is 14.4 Å². The van der Waals surface area contributed by atoms with Gasteiger partial charge in [0.1, 0.15) is 9.96 Å². The molecule has 1 fully saturated rings. The molecule has 1 aliphatic heterocycles. The third-order valence-electron chi connectivity index (χ3n) is 5.44. The minimum Gasteiger partial charge on any atom is -0.484 e. The van der Waals surface area contributed by atoms with Crippen LogP contribution in [0.25, 0.3) is 0 Å². The van der Waals surface area contributed by atoms with Crippen molar-refractivity contribution >= 4 is 44.5 Å². The van der Waals surface area contributed by atoms with Gasteiger partial charge in [-0.05, 0) is 59.8 Å². The summed E-state index contributed by atoms with van der Waals surface area (Å²) in [5.41, 5.74) is 2.07. The van der Waals surface area contributed by atoms with Crippen LogP contribution in [0.5, 0.6) is 5.75 Å². The molecule has 1 N–H and O–H groups in total. The van der Waals surface area contributed by atoms with Crippen molar-refractivity contribution in [2.24, 2.45) is 0 Å². The van der Waals surface area contributed by atoms with Gasteiger partial charge in [-0.2, -0.15) is 0 Å². The molecule has 0 unspecified atom stereocenters. The summed E-state index contributed by atoms with van der Waals surface area (Å²) >= 11 is 1.16. The topological polar surface area (TPSA) is 96.0 Å². The van der Waals surface area contributed by atoms with E-state index in [2.05, 4.69) is 5.32 Å². The Morgan fingerprint density at radius 2 is 1.94 bits per heavy atom. The van der Waals surface area contributed by atoms with E-state index in [1.54, 1.807) is 47.8 Å². The maximum Gasteiger partial charge on any atom is 0.273 e. The summed E-state index contributed by atoms with van der Waals surface area (Å²) in [6, 6.07) is 17.2. The standard InChI is InChI=1S/C24H25N3O5S2/c1-26(34(30,31)24-8-4-14-33-24)20-9-11-21(12-10-20)32-17-22(28)25-19-6-2-5-18(15-19)16-27-13-3-7-23(27)29/h2,4-6,8-12,14-15H,3,7,13,16-17H2,1H3,(H,25,28). The normalized spacial score (nSPS) is 13.7. The first-order valence-corrected chi connectivity index (χ1v) is 13.1. The third kappa shape index (κ3) is 5.57. The van der Waals surface area contributed by atoms with Gasteiger partial charge in [0.15, 0.2) is 6.61 Å². The summed E-state index contributed by atoms with van der Waals surface area (Å²) in [6.07, 6.45) is 1.48. The van der Waals surface area contributed by atoms with Gasteiger partial charge in [0.25, 0.3) is 15.9 Å². The van der Waals surface area contributed by atoms with Gasteiger partial charge in [-0.3, -0.25) is 13.9 Å². The van der Waals surface area contributed by atoms with E-state index in [0.717, 1.165) is 29.9 Å². The number of nitrogens with zero attached hydrogens (tertiary/aromatic N) is 2. The highest BCUT2D eigenvalue weighted by Crippen LogP contribution is 2.26. The molecule has 0 atom stereocenters. The molecule has 10 heteroatoms. The minimum absolute atomic E-state index is 0.157. The second kappa shape index (κ2) is 10.3. The summed E-state index contributed by atoms with van der Waals surface area (Å²) in [5.74, 6) is 0.280. The van der Waals surface area contributed by atoms with Crippen molar-refractivity contribution in [2.75, 3.05) is 29.8 Å². The Morgan fingerprint density at radius 1 is 1.15 bits per heavy atom. The molecule has 8 nitrogen and oxygen atoms in total. The number of carbonyl (C=O) groups excluding carboxylic acids is 2. The molecule has 1 saturated heterocycles. The zero-order chi connectivity index (χ0) is 24.1. The van der Waals surface area contributed by atoms with E-state index in [-0.39, 0.29) is 22.6 Å². The summed E-state index contributed by atoms with van der Waals surface area (Å²) < 4.78 is 32.3. The number of amides is 2. The number of hydrogen-bond acceptors (Lipinski definition) is 6. The van der Waals surface area contributed by atoms with Crippen LogP contribution in [0.3, 0.4) is 0 Å². The van der Waals surface area contributed by atoms with Crippen LogP contribution in [-0.2, 0) is 26.2 Å². The first-order valence-electron chi connectivity index (χ1n) is 10.7. The Bertz CT molecular complexity index is 1260. The van der Waals surface area contributed by atoms with E-state index in [0.29, 0.717) is 30.1 Å². The molecule has 178 valence electrons. The van der Waals surface area contributed by atoms with Crippen molar-refractivity contribution in [2.45, 2.75) is 23.6 Å². The molecule has 2 amide bonds. The molecular weight excluding hydrogens is 474 g/mol. The zero-order valence-electron chi connectivity index (χ0n) is 18.6. The fourth-order valence-electron chi connectivity index (χ4n) is 3.62. The Balaban J connectivity index is 1.30. The number of sulfonamides is 1. The average molecular weight is 500 g/mol. The summed E-state index contributed by atoms with van der Waals surface area (Å²) in [6.45, 7) is 1.09. The second-order valence-electron chi connectivity index (χ2n) is 7.85. The van der Waals surface area contributed by atoms with Gasteiger partial charge in [0.05, 0.1) is 5.69 Å². The van der Waals surface area contributed by atoms with E-state index >= 15 is 0 Å². The highest BCUT2D eigenvalue weighted by atomic mass is 32.2. The van der Waals surface area contributed by atoms with E-state index in [4.69, 9.17) is 4.74 Å². The van der Waals surface area contributed by atoms with E-state index in [1.165, 1.54) is 11.4 Å². The van der Waals surface area contributed by atoms with Crippen LogP contribution in [0.15, 0.2) is 70.3 Å². The van der Waals surface area contributed by atoms with Crippen LogP contribution in [0.2, 0.25) is 0 Å². The molecule has 1 aliphatic rings. The number of thiophene rings is 1. The van der Waals surface area contributed by atoms with Crippen molar-refractivity contribution in [3.8, 4) is 5.75 Å². The lowest BCUT2D eigenvalue weighted by Gasteiger charge is -2.18. The number of carbonyl (C=O) groups is 2. The predicted octanol–water partition coefficient (Wildman–Crippen LogP) is 3.71. The second-order valence-corrected chi connectivity index (χ2v) is 11.0. The Morgan fingerprint density at radius 3 is 2.62 bits per heavy atom. The van der Waals surface area contributed by atoms with E-state index in [9.17, 15) is 18.0 Å². The van der Waals surface area contributed by atoms with Crippen molar-refractivity contribution in [3.63, 3.8) is 0 Å². The maximum absolute atomic E-state index is 12.6. The smallest absolute Gasteiger partial charge is 0.273 e. The lowest BCUT2D eigenvalue weighted by atomic mass is 10.2. The Kier molecular flexibility index (Phi) is 7.18. The molecule has 3 aromatic rings. The quantitative estimate of drug-likeness (QED) is 0.484. The molecule has 34 heavy (non-hydrogen) atoms. The molecule has 0 aliphatic carbocycles. The SMILES string of the molecule is CN(c1ccc(OCC(=O)Nc2cccc(CN3CCCC3=O)c2)cc1)S(=O)(=O)c1cccs1. The van der Waals surface area contributed by atoms with Gasteiger partial charge in [-0.25, -0.2) is 8.42 Å². The van der Waals surface area contributed by atoms with Crippen LogP contribution in [-0.4, -0.2) is 45.3 Å². The molecule has 0 radical (unpaired) electrons. The van der Waals surface area contributed by atoms with Crippen LogP contribution in [0, 0.1) is 0 Å². The predicted molar refractivity (Wildman–Crippen MR) is 132 cm³/mol. The number of benzene rings is 2. The lowest BCUT2D eigenvalue weighted by molar-refractivity contribution is -0.128. The van der Waals surface area contributed by atoms with Crippen molar-refractivity contribution < 1.29 is 22.7 Å². The first-order chi connectivity index (χ1) is 16.3. The van der Waals surface area contributed by atoms with Crippen molar-refractivity contribution in [3.05, 3.63) is 71.6 Å². The van der Waals surface area contributed by atoms with Gasteiger partial charge in [-0.1, -0.05) is 18.2 Å². The third-order valence-corrected chi connectivity index (χ3v) is 8.59. The van der Waals surface area contributed by atoms with Gasteiger partial charge >= 0.3 is 0 Å². The molecule has 1 aromatic heterocycles. The molecule has 2 aromatic carbocycles. The van der Waals surface area contributed by atoms with Crippen LogP contribution >= 0.6 is 11.3 Å². The van der Waals surface area contributed by atoms with Crippen LogP contribution in [0.1, 0.15) is 18.4 Å². The lowest BCUT2D eigenvalue weighted by Crippen LogP contribution is -2.25. The Labute approximate surface area is 202 Å². The van der Waals surface area contributed by atoms with Gasteiger partial charge in [-0.15, -0.1) is 11.3 Å². The average Bonchev–Trinajstić information content (AvgIpc) is 3.51. The van der Waals surface area contributed by atoms with E-state index in [1.807, 2.05) is 23.1 Å². The summed E-state index contributed by atoms with van der Waals surface area (Å²) in [5, 5.41) is 4.52. The molecular formula is C24H25N3O5S2. The first kappa shape index (κ1) is 23.8. The number of hydrogen-bond donors (Lipinski definition) is 1. The molecule has 2 heterocycles. The fourth-order valence-corrected chi connectivity index (χ4v) is 5.98. The number of ether oxygens (including phenoxy) is 1. The monoisotopic (exact) mass is 499 g/mol. The highest BCUT2D eigenvalue weighted by Gasteiger charge is 2.22. The molecule has 0 spiro atoms. The molecule has 0 saturated carbocycles. The van der Waals surface area contributed by atoms with Gasteiger partial charge in [0.2, 0.25) is 5.91 Å². The van der Waals surface area contributed by atoms with Gasteiger partial charge < -0.3 is 15.0 Å². The van der Waals surface area contributed by atoms with E-state index < -0.39 is 10.0 Å². The minimum atomic E-state index is -3.61. The van der Waals surface area contributed by atoms with Gasteiger partial charge in [0, 0.05) is 32.2 Å². The van der Waals surface area contributed by atoms with Crippen LogP contribution in [0.4, 0.5) is 11.4 Å². The highest BCUT2D eigenvalue weighted by molar-refractivity contribution is 7.94. The van der Waals surface area contributed by atoms with Crippen molar-refractivity contribution in [1.29, 1.82) is 0 Å². The zero-order valence-corrected chi connectivity index (χ0v) is 20.3. The summed E-state index contributed by atoms with van der Waals surface area (Å²) in [7, 11) is -2.12. The summed E-state index contributed by atoms with van der Waals surface area (Å²) in [4.78, 5) is 26.0. The Hall–Kier alpha value is -3.37. The maximum atomic E-state index is 12.6. The molecule has 4 rings (SSSR count). The number of nitrogens with one attached hydrogen (secondary N) is 1. The van der Waals surface area contributed by atoms with Crippen molar-refractivity contribution in [1.82, 2.24) is 4.90 Å². The molecule has 0 bridgehead atoms.